The average Bonchev–Trinajstić information content (AvgIpc) is 2.37. The third-order valence-corrected chi connectivity index (χ3v) is 2.92. The molecule has 0 bridgehead atoms. The molecule has 0 radical (unpaired) electrons. The predicted octanol–water partition coefficient (Wildman–Crippen LogP) is 2.47. The molecule has 1 unspecified atom stereocenters. The van der Waals surface area contributed by atoms with E-state index < -0.39 is 0 Å². The smallest absolute Gasteiger partial charge is 0.228 e. The van der Waals surface area contributed by atoms with E-state index in [9.17, 15) is 9.59 Å². The molecular weight excluding hydrogens is 268 g/mol. The highest BCUT2D eigenvalue weighted by Gasteiger charge is 2.14. The molecule has 2 N–H and O–H groups in total. The number of alkyl halides is 1. The number of amides is 2. The van der Waals surface area contributed by atoms with E-state index in [0.717, 1.165) is 0 Å². The van der Waals surface area contributed by atoms with Crippen LogP contribution in [0.25, 0.3) is 0 Å². The molecule has 0 aliphatic carbocycles. The van der Waals surface area contributed by atoms with Gasteiger partial charge in [-0.2, -0.15) is 0 Å². The Morgan fingerprint density at radius 3 is 2.58 bits per heavy atom. The second-order valence-corrected chi connectivity index (χ2v) is 4.45. The van der Waals surface area contributed by atoms with Crippen molar-refractivity contribution in [2.24, 2.45) is 5.92 Å². The van der Waals surface area contributed by atoms with Crippen molar-refractivity contribution in [2.45, 2.75) is 13.8 Å². The lowest BCUT2D eigenvalue weighted by atomic mass is 10.2. The van der Waals surface area contributed by atoms with E-state index in [-0.39, 0.29) is 23.6 Å². The normalized spacial score (nSPS) is 11.6. The minimum Gasteiger partial charge on any atom is -0.495 e. The first-order chi connectivity index (χ1) is 8.97. The number of methoxy groups -OCH3 is 1. The van der Waals surface area contributed by atoms with Crippen LogP contribution in [0.4, 0.5) is 11.4 Å². The van der Waals surface area contributed by atoms with Gasteiger partial charge in [-0.3, -0.25) is 9.59 Å². The fourth-order valence-electron chi connectivity index (χ4n) is 1.41. The number of halogens is 1. The molecule has 1 aromatic rings. The molecule has 0 saturated carbocycles. The molecule has 6 heteroatoms. The summed E-state index contributed by atoms with van der Waals surface area (Å²) in [5.74, 6) is 0.0596. The van der Waals surface area contributed by atoms with Gasteiger partial charge in [-0.25, -0.2) is 0 Å². The summed E-state index contributed by atoms with van der Waals surface area (Å²) in [4.78, 5) is 22.8. The molecule has 19 heavy (non-hydrogen) atoms. The Balaban J connectivity index is 2.95. The number of benzene rings is 1. The van der Waals surface area contributed by atoms with E-state index in [1.54, 1.807) is 25.1 Å². The van der Waals surface area contributed by atoms with Gasteiger partial charge in [0.15, 0.2) is 0 Å². The van der Waals surface area contributed by atoms with E-state index in [2.05, 4.69) is 10.6 Å². The Morgan fingerprint density at radius 1 is 1.37 bits per heavy atom. The molecule has 0 spiro atoms. The Labute approximate surface area is 117 Å². The van der Waals surface area contributed by atoms with Gasteiger partial charge in [0.05, 0.1) is 12.8 Å². The Kier molecular flexibility index (Phi) is 5.63. The molecule has 0 aromatic heterocycles. The van der Waals surface area contributed by atoms with E-state index in [0.29, 0.717) is 17.1 Å². The van der Waals surface area contributed by atoms with Gasteiger partial charge >= 0.3 is 0 Å². The average molecular weight is 285 g/mol. The largest absolute Gasteiger partial charge is 0.495 e. The van der Waals surface area contributed by atoms with Crippen LogP contribution >= 0.6 is 11.6 Å². The molecule has 0 aliphatic rings. The van der Waals surface area contributed by atoms with Crippen LogP contribution in [-0.4, -0.2) is 24.8 Å². The fraction of sp³-hybridized carbons (Fsp3) is 0.385. The van der Waals surface area contributed by atoms with Gasteiger partial charge in [0, 0.05) is 24.4 Å². The maximum atomic E-state index is 11.8. The maximum Gasteiger partial charge on any atom is 0.228 e. The third kappa shape index (κ3) is 4.44. The zero-order chi connectivity index (χ0) is 14.4. The summed E-state index contributed by atoms with van der Waals surface area (Å²) >= 11 is 5.64. The highest BCUT2D eigenvalue weighted by atomic mass is 35.5. The topological polar surface area (TPSA) is 67.4 Å². The summed E-state index contributed by atoms with van der Waals surface area (Å²) in [6, 6.07) is 5.01. The quantitative estimate of drug-likeness (QED) is 0.816. The number of carbonyl (C=O) groups is 2. The summed E-state index contributed by atoms with van der Waals surface area (Å²) in [5, 5.41) is 5.37. The Hall–Kier alpha value is -1.75. The van der Waals surface area contributed by atoms with Crippen molar-refractivity contribution in [1.29, 1.82) is 0 Å². The first-order valence-electron chi connectivity index (χ1n) is 5.80. The first-order valence-corrected chi connectivity index (χ1v) is 6.33. The number of hydrogen-bond donors (Lipinski definition) is 2. The van der Waals surface area contributed by atoms with Gasteiger partial charge in [-0.05, 0) is 18.2 Å². The first kappa shape index (κ1) is 15.3. The molecular formula is C13H17ClN2O3. The molecule has 1 atom stereocenters. The van der Waals surface area contributed by atoms with Crippen LogP contribution in [0.3, 0.4) is 0 Å². The second-order valence-electron chi connectivity index (χ2n) is 4.14. The molecule has 0 saturated heterocycles. The zero-order valence-corrected chi connectivity index (χ0v) is 11.9. The number of nitrogens with one attached hydrogen (secondary N) is 2. The monoisotopic (exact) mass is 284 g/mol. The van der Waals surface area contributed by atoms with Crippen LogP contribution < -0.4 is 15.4 Å². The van der Waals surface area contributed by atoms with Crippen molar-refractivity contribution >= 4 is 34.8 Å². The van der Waals surface area contributed by atoms with E-state index >= 15 is 0 Å². The highest BCUT2D eigenvalue weighted by molar-refractivity contribution is 6.19. The van der Waals surface area contributed by atoms with Gasteiger partial charge in [-0.1, -0.05) is 6.92 Å². The van der Waals surface area contributed by atoms with Gasteiger partial charge in [0.2, 0.25) is 11.8 Å². The molecule has 104 valence electrons. The van der Waals surface area contributed by atoms with Crippen molar-refractivity contribution < 1.29 is 14.3 Å². The van der Waals surface area contributed by atoms with Crippen molar-refractivity contribution in [3.63, 3.8) is 0 Å². The molecule has 5 nitrogen and oxygen atoms in total. The third-order valence-electron chi connectivity index (χ3n) is 2.46. The van der Waals surface area contributed by atoms with Gasteiger partial charge < -0.3 is 15.4 Å². The lowest BCUT2D eigenvalue weighted by molar-refractivity contribution is -0.118. The zero-order valence-electron chi connectivity index (χ0n) is 11.1. The van der Waals surface area contributed by atoms with Crippen molar-refractivity contribution in [1.82, 2.24) is 0 Å². The van der Waals surface area contributed by atoms with Crippen LogP contribution in [0, 0.1) is 5.92 Å². The molecule has 1 aromatic carbocycles. The number of ether oxygens (including phenoxy) is 1. The van der Waals surface area contributed by atoms with E-state index in [4.69, 9.17) is 16.3 Å². The van der Waals surface area contributed by atoms with Crippen LogP contribution in [0.2, 0.25) is 0 Å². The maximum absolute atomic E-state index is 11.8. The Morgan fingerprint density at radius 2 is 2.05 bits per heavy atom. The number of anilines is 2. The lowest BCUT2D eigenvalue weighted by Crippen LogP contribution is -2.21. The lowest BCUT2D eigenvalue weighted by Gasteiger charge is -2.14. The van der Waals surface area contributed by atoms with Crippen LogP contribution in [0.1, 0.15) is 13.8 Å². The second kappa shape index (κ2) is 6.99. The minimum atomic E-state index is -0.309. The van der Waals surface area contributed by atoms with E-state index in [1.165, 1.54) is 14.0 Å². The number of rotatable bonds is 5. The molecule has 1 rings (SSSR count). The molecule has 0 heterocycles. The summed E-state index contributed by atoms with van der Waals surface area (Å²) in [7, 11) is 1.51. The Bertz CT molecular complexity index is 477. The standard InChI is InChI=1S/C13H17ClN2O3/c1-8(7-14)13(18)16-11-6-10(15-9(2)17)4-5-12(11)19-3/h4-6,8H,7H2,1-3H3,(H,15,17)(H,16,18). The summed E-state index contributed by atoms with van der Waals surface area (Å²) in [5.41, 5.74) is 1.08. The molecule has 0 fully saturated rings. The number of carbonyl (C=O) groups excluding carboxylic acids is 2. The predicted molar refractivity (Wildman–Crippen MR) is 75.8 cm³/mol. The summed E-state index contributed by atoms with van der Waals surface area (Å²) < 4.78 is 5.16. The van der Waals surface area contributed by atoms with E-state index in [1.807, 2.05) is 0 Å². The van der Waals surface area contributed by atoms with Crippen molar-refractivity contribution in [3.8, 4) is 5.75 Å². The summed E-state index contributed by atoms with van der Waals surface area (Å²) in [6.07, 6.45) is 0. The van der Waals surface area contributed by atoms with Gasteiger partial charge in [0.25, 0.3) is 0 Å². The van der Waals surface area contributed by atoms with Gasteiger partial charge in [-0.15, -0.1) is 11.6 Å². The van der Waals surface area contributed by atoms with Crippen LogP contribution in [-0.2, 0) is 9.59 Å². The highest BCUT2D eigenvalue weighted by Crippen LogP contribution is 2.28. The van der Waals surface area contributed by atoms with Gasteiger partial charge in [0.1, 0.15) is 5.75 Å². The minimum absolute atomic E-state index is 0.184. The van der Waals surface area contributed by atoms with Crippen LogP contribution in [0.5, 0.6) is 5.75 Å². The molecule has 0 aliphatic heterocycles. The fourth-order valence-corrected chi connectivity index (χ4v) is 1.55. The number of hydrogen-bond acceptors (Lipinski definition) is 3. The molecule has 2 amide bonds. The summed E-state index contributed by atoms with van der Waals surface area (Å²) in [6.45, 7) is 3.14. The van der Waals surface area contributed by atoms with Crippen molar-refractivity contribution in [2.75, 3.05) is 23.6 Å². The SMILES string of the molecule is COc1ccc(NC(C)=O)cc1NC(=O)C(C)CCl. The van der Waals surface area contributed by atoms with Crippen LogP contribution in [0.15, 0.2) is 18.2 Å². The van der Waals surface area contributed by atoms with Crippen molar-refractivity contribution in [3.05, 3.63) is 18.2 Å².